The van der Waals surface area contributed by atoms with Crippen molar-refractivity contribution in [2.45, 2.75) is 12.5 Å². The Morgan fingerprint density at radius 3 is 2.57 bits per heavy atom. The molecular formula is C31H25N3O. The maximum atomic E-state index is 6.17. The van der Waals surface area contributed by atoms with Crippen LogP contribution in [-0.2, 0) is 0 Å². The maximum Gasteiger partial charge on any atom is 0.136 e. The van der Waals surface area contributed by atoms with E-state index >= 15 is 0 Å². The summed E-state index contributed by atoms with van der Waals surface area (Å²) in [7, 11) is 0. The Hall–Kier alpha value is -4.28. The molecule has 4 heteroatoms. The van der Waals surface area contributed by atoms with Crippen LogP contribution in [0.25, 0.3) is 33.1 Å². The molecule has 0 amide bonds. The predicted octanol–water partition coefficient (Wildman–Crippen LogP) is 8.10. The molecule has 0 saturated carbocycles. The second-order valence-corrected chi connectivity index (χ2v) is 9.19. The third-order valence-corrected chi connectivity index (χ3v) is 7.08. The lowest BCUT2D eigenvalue weighted by Gasteiger charge is -2.31. The van der Waals surface area contributed by atoms with Gasteiger partial charge in [-0.05, 0) is 47.9 Å². The topological polar surface area (TPSA) is 40.4 Å². The minimum atomic E-state index is 0.179. The number of hydrazine groups is 2. The number of hydrogen-bond acceptors (Lipinski definition) is 4. The number of benzene rings is 4. The van der Waals surface area contributed by atoms with Gasteiger partial charge < -0.3 is 15.3 Å². The summed E-state index contributed by atoms with van der Waals surface area (Å²) in [6, 6.07) is 31.9. The van der Waals surface area contributed by atoms with Crippen molar-refractivity contribution in [3.63, 3.8) is 0 Å². The summed E-state index contributed by atoms with van der Waals surface area (Å²) < 4.78 is 6.17. The van der Waals surface area contributed by atoms with E-state index < -0.39 is 0 Å². The van der Waals surface area contributed by atoms with Gasteiger partial charge in [0.2, 0.25) is 0 Å². The molecule has 2 heterocycles. The number of para-hydroxylation sites is 3. The fraction of sp³-hybridized carbons (Fsp3) is 0.0968. The summed E-state index contributed by atoms with van der Waals surface area (Å²) in [6.07, 6.45) is 9.86. The number of nitrogens with one attached hydrogen (secondary N) is 2. The molecule has 35 heavy (non-hydrogen) atoms. The zero-order chi connectivity index (χ0) is 23.2. The van der Waals surface area contributed by atoms with Gasteiger partial charge in [0, 0.05) is 22.3 Å². The molecule has 2 atom stereocenters. The third-order valence-electron chi connectivity index (χ3n) is 7.08. The van der Waals surface area contributed by atoms with E-state index in [0.29, 0.717) is 5.92 Å². The van der Waals surface area contributed by atoms with Gasteiger partial charge in [-0.1, -0.05) is 85.0 Å². The first-order chi connectivity index (χ1) is 17.3. The average molecular weight is 456 g/mol. The van der Waals surface area contributed by atoms with Gasteiger partial charge in [0.25, 0.3) is 0 Å². The fourth-order valence-corrected chi connectivity index (χ4v) is 5.40. The summed E-state index contributed by atoms with van der Waals surface area (Å²) in [5.41, 5.74) is 14.9. The van der Waals surface area contributed by atoms with Crippen LogP contribution in [0.4, 0.5) is 11.4 Å². The second-order valence-electron chi connectivity index (χ2n) is 9.19. The normalized spacial score (nSPS) is 19.2. The van der Waals surface area contributed by atoms with E-state index in [2.05, 4.69) is 119 Å². The minimum Gasteiger partial charge on any atom is -0.456 e. The molecule has 2 aliphatic rings. The van der Waals surface area contributed by atoms with E-state index in [0.717, 1.165) is 50.9 Å². The number of rotatable bonds is 4. The number of hydrogen-bond donors (Lipinski definition) is 2. The van der Waals surface area contributed by atoms with Gasteiger partial charge in [-0.2, -0.15) is 0 Å². The van der Waals surface area contributed by atoms with E-state index in [9.17, 15) is 0 Å². The Morgan fingerprint density at radius 1 is 0.800 bits per heavy atom. The first kappa shape index (κ1) is 20.1. The number of anilines is 2. The Labute approximate surface area is 204 Å². The van der Waals surface area contributed by atoms with Crippen molar-refractivity contribution in [2.24, 2.45) is 5.92 Å². The average Bonchev–Trinajstić information content (AvgIpc) is 3.47. The molecule has 0 fully saturated rings. The van der Waals surface area contributed by atoms with Crippen LogP contribution in [0.3, 0.4) is 0 Å². The monoisotopic (exact) mass is 455 g/mol. The van der Waals surface area contributed by atoms with Crippen LogP contribution < -0.4 is 10.9 Å². The van der Waals surface area contributed by atoms with Gasteiger partial charge in [-0.25, -0.2) is 0 Å². The van der Waals surface area contributed by atoms with Crippen LogP contribution in [0.5, 0.6) is 0 Å². The van der Waals surface area contributed by atoms with Crippen molar-refractivity contribution in [1.29, 1.82) is 0 Å². The lowest BCUT2D eigenvalue weighted by molar-refractivity contribution is 0.256. The van der Waals surface area contributed by atoms with Crippen LogP contribution in [-0.4, -0.2) is 5.12 Å². The van der Waals surface area contributed by atoms with Gasteiger partial charge >= 0.3 is 0 Å². The van der Waals surface area contributed by atoms with Gasteiger partial charge in [0.1, 0.15) is 11.2 Å². The Balaban J connectivity index is 1.27. The molecule has 1 aromatic heterocycles. The molecule has 4 aromatic carbocycles. The molecule has 1 aliphatic heterocycles. The van der Waals surface area contributed by atoms with Crippen molar-refractivity contribution in [2.75, 3.05) is 10.9 Å². The zero-order valence-corrected chi connectivity index (χ0v) is 19.2. The molecule has 2 unspecified atom stereocenters. The molecule has 1 aliphatic carbocycles. The lowest BCUT2D eigenvalue weighted by Crippen LogP contribution is -2.37. The van der Waals surface area contributed by atoms with Crippen molar-refractivity contribution >= 4 is 33.3 Å². The first-order valence-electron chi connectivity index (χ1n) is 12.1. The van der Waals surface area contributed by atoms with Gasteiger partial charge in [-0.3, -0.25) is 0 Å². The molecule has 7 rings (SSSR count). The van der Waals surface area contributed by atoms with E-state index in [1.807, 2.05) is 12.1 Å². The molecule has 170 valence electrons. The van der Waals surface area contributed by atoms with E-state index in [4.69, 9.17) is 4.42 Å². The largest absolute Gasteiger partial charge is 0.456 e. The highest BCUT2D eigenvalue weighted by molar-refractivity contribution is 6.06. The number of fused-ring (bicyclic) bond motifs is 4. The zero-order valence-electron chi connectivity index (χ0n) is 19.2. The summed E-state index contributed by atoms with van der Waals surface area (Å²) in [6.45, 7) is 0. The predicted molar refractivity (Wildman–Crippen MR) is 144 cm³/mol. The Morgan fingerprint density at radius 2 is 1.63 bits per heavy atom. The number of furan rings is 1. The van der Waals surface area contributed by atoms with Crippen LogP contribution in [0.2, 0.25) is 0 Å². The summed E-state index contributed by atoms with van der Waals surface area (Å²) in [5, 5.41) is 4.46. The SMILES string of the molecule is C1=CCC(C2c3ccccc3NN2Nc2ccccc2-c2ccc3c(c2)oc2ccccc23)C=C1. The van der Waals surface area contributed by atoms with Crippen LogP contribution in [0.15, 0.2) is 120 Å². The van der Waals surface area contributed by atoms with Crippen molar-refractivity contribution < 1.29 is 4.42 Å². The fourth-order valence-electron chi connectivity index (χ4n) is 5.40. The number of allylic oxidation sites excluding steroid dienone is 3. The Bertz CT molecular complexity index is 1610. The lowest BCUT2D eigenvalue weighted by atomic mass is 9.88. The molecule has 0 saturated heterocycles. The minimum absolute atomic E-state index is 0.179. The molecule has 0 spiro atoms. The van der Waals surface area contributed by atoms with Gasteiger partial charge in [0.05, 0.1) is 17.4 Å². The van der Waals surface area contributed by atoms with Crippen LogP contribution >= 0.6 is 0 Å². The van der Waals surface area contributed by atoms with E-state index in [-0.39, 0.29) is 6.04 Å². The maximum absolute atomic E-state index is 6.17. The third kappa shape index (κ3) is 3.42. The van der Waals surface area contributed by atoms with Crippen molar-refractivity contribution in [1.82, 2.24) is 5.12 Å². The van der Waals surface area contributed by atoms with Crippen LogP contribution in [0, 0.1) is 5.92 Å². The van der Waals surface area contributed by atoms with Gasteiger partial charge in [0.15, 0.2) is 0 Å². The first-order valence-corrected chi connectivity index (χ1v) is 12.1. The quantitative estimate of drug-likeness (QED) is 0.287. The molecular weight excluding hydrogens is 430 g/mol. The summed E-state index contributed by atoms with van der Waals surface area (Å²) >= 11 is 0. The van der Waals surface area contributed by atoms with Crippen LogP contribution in [0.1, 0.15) is 18.0 Å². The summed E-state index contributed by atoms with van der Waals surface area (Å²) in [5.74, 6) is 0.378. The molecule has 2 N–H and O–H groups in total. The van der Waals surface area contributed by atoms with E-state index in [1.165, 1.54) is 5.56 Å². The number of nitrogens with zero attached hydrogens (tertiary/aromatic N) is 1. The van der Waals surface area contributed by atoms with Crippen molar-refractivity contribution in [3.05, 3.63) is 121 Å². The smallest absolute Gasteiger partial charge is 0.136 e. The Kier molecular flexibility index (Phi) is 4.71. The van der Waals surface area contributed by atoms with Crippen molar-refractivity contribution in [3.8, 4) is 11.1 Å². The highest BCUT2D eigenvalue weighted by Gasteiger charge is 2.35. The highest BCUT2D eigenvalue weighted by atomic mass is 16.3. The molecule has 5 aromatic rings. The molecule has 0 radical (unpaired) electrons. The molecule has 0 bridgehead atoms. The second kappa shape index (κ2) is 8.19. The standard InChI is InChI=1S/C31H25N3O/c1-2-10-21(11-3-1)31-26-14-5-8-16-28(26)33-34(31)32-27-15-7-4-12-23(27)22-18-19-25-24-13-6-9-17-29(24)35-30(25)20-22/h1-10,12-21,31-33H,11H2. The van der Waals surface area contributed by atoms with Gasteiger partial charge in [-0.15, -0.1) is 5.12 Å². The summed E-state index contributed by atoms with van der Waals surface area (Å²) in [4.78, 5) is 0. The highest BCUT2D eigenvalue weighted by Crippen LogP contribution is 2.43. The molecule has 4 nitrogen and oxygen atoms in total. The van der Waals surface area contributed by atoms with E-state index in [1.54, 1.807) is 0 Å².